The van der Waals surface area contributed by atoms with Crippen LogP contribution in [0.5, 0.6) is 0 Å². The number of unbranched alkanes of at least 4 members (excludes halogenated alkanes) is 4. The monoisotopic (exact) mass is 222 g/mol. The van der Waals surface area contributed by atoms with Gasteiger partial charge in [0.15, 0.2) is 0 Å². The molecular weight excluding hydrogens is 192 g/mol. The molecule has 0 aliphatic rings. The van der Waals surface area contributed by atoms with E-state index in [-0.39, 0.29) is 0 Å². The van der Waals surface area contributed by atoms with Gasteiger partial charge in [0.1, 0.15) is 0 Å². The van der Waals surface area contributed by atoms with E-state index in [1.807, 2.05) is 0 Å². The third kappa shape index (κ3) is 8.76. The summed E-state index contributed by atoms with van der Waals surface area (Å²) in [6.45, 7) is 11.3. The van der Waals surface area contributed by atoms with Gasteiger partial charge in [-0.3, -0.25) is 0 Å². The molecule has 0 aromatic carbocycles. The van der Waals surface area contributed by atoms with Crippen molar-refractivity contribution in [2.75, 3.05) is 0 Å². The van der Waals surface area contributed by atoms with E-state index in [2.05, 4.69) is 52.8 Å². The van der Waals surface area contributed by atoms with Crippen LogP contribution < -0.4 is 0 Å². The van der Waals surface area contributed by atoms with E-state index in [0.29, 0.717) is 11.8 Å². The van der Waals surface area contributed by atoms with Crippen LogP contribution in [-0.4, -0.2) is 0 Å². The second-order valence-corrected chi connectivity index (χ2v) is 5.32. The molecule has 0 radical (unpaired) electrons. The van der Waals surface area contributed by atoms with Crippen molar-refractivity contribution in [2.45, 2.75) is 66.7 Å². The Balaban J connectivity index is 3.96. The van der Waals surface area contributed by atoms with Gasteiger partial charge in [-0.2, -0.15) is 0 Å². The van der Waals surface area contributed by atoms with Crippen LogP contribution in [0.25, 0.3) is 0 Å². The van der Waals surface area contributed by atoms with Gasteiger partial charge in [-0.05, 0) is 30.3 Å². The summed E-state index contributed by atoms with van der Waals surface area (Å²) in [5, 5.41) is 0. The Morgan fingerprint density at radius 1 is 1.00 bits per heavy atom. The molecule has 0 N–H and O–H groups in total. The van der Waals surface area contributed by atoms with Crippen molar-refractivity contribution in [1.82, 2.24) is 0 Å². The van der Waals surface area contributed by atoms with Gasteiger partial charge < -0.3 is 0 Å². The lowest BCUT2D eigenvalue weighted by molar-refractivity contribution is 0.673. The van der Waals surface area contributed by atoms with Crippen molar-refractivity contribution >= 4 is 0 Å². The summed E-state index contributed by atoms with van der Waals surface area (Å²) in [5.41, 5.74) is 1.49. The highest BCUT2D eigenvalue weighted by Crippen LogP contribution is 2.15. The second-order valence-electron chi connectivity index (χ2n) is 5.32. The first kappa shape index (κ1) is 15.5. The number of allylic oxidation sites excluding steroid dienone is 4. The van der Waals surface area contributed by atoms with Crippen LogP contribution in [0.15, 0.2) is 23.8 Å². The van der Waals surface area contributed by atoms with Crippen LogP contribution in [-0.2, 0) is 0 Å². The van der Waals surface area contributed by atoms with Crippen molar-refractivity contribution in [2.24, 2.45) is 11.8 Å². The molecule has 94 valence electrons. The van der Waals surface area contributed by atoms with Gasteiger partial charge in [0.05, 0.1) is 0 Å². The maximum Gasteiger partial charge on any atom is -0.0222 e. The van der Waals surface area contributed by atoms with E-state index in [0.717, 1.165) is 0 Å². The van der Waals surface area contributed by atoms with Gasteiger partial charge in [-0.25, -0.2) is 0 Å². The zero-order valence-electron chi connectivity index (χ0n) is 11.9. The van der Waals surface area contributed by atoms with Crippen molar-refractivity contribution in [3.8, 4) is 0 Å². The van der Waals surface area contributed by atoms with Crippen LogP contribution in [0.4, 0.5) is 0 Å². The van der Waals surface area contributed by atoms with Crippen LogP contribution in [0.3, 0.4) is 0 Å². The molecule has 0 saturated carbocycles. The lowest BCUT2D eigenvalue weighted by Crippen LogP contribution is -1.93. The molecular formula is C16H30. The van der Waals surface area contributed by atoms with Crippen molar-refractivity contribution in [3.63, 3.8) is 0 Å². The normalized spacial score (nSPS) is 13.3. The average Bonchev–Trinajstić information content (AvgIpc) is 2.20. The highest BCUT2D eigenvalue weighted by Gasteiger charge is 1.99. The first-order valence-corrected chi connectivity index (χ1v) is 6.96. The third-order valence-electron chi connectivity index (χ3n) is 2.73. The van der Waals surface area contributed by atoms with Gasteiger partial charge in [0.2, 0.25) is 0 Å². The SMILES string of the molecule is CCCCCCC=CC(=CC(C)C)C(C)C. The highest BCUT2D eigenvalue weighted by molar-refractivity contribution is 5.21. The topological polar surface area (TPSA) is 0 Å². The minimum atomic E-state index is 0.647. The molecule has 0 heterocycles. The molecule has 0 spiro atoms. The molecule has 0 saturated heterocycles. The van der Waals surface area contributed by atoms with Gasteiger partial charge in [0.25, 0.3) is 0 Å². The molecule has 0 unspecified atom stereocenters. The third-order valence-corrected chi connectivity index (χ3v) is 2.73. The van der Waals surface area contributed by atoms with Crippen LogP contribution in [0.2, 0.25) is 0 Å². The Morgan fingerprint density at radius 2 is 1.69 bits per heavy atom. The molecule has 0 aromatic rings. The smallest absolute Gasteiger partial charge is 0.0222 e. The van der Waals surface area contributed by atoms with Crippen LogP contribution in [0, 0.1) is 11.8 Å². The summed E-state index contributed by atoms with van der Waals surface area (Å²) in [7, 11) is 0. The standard InChI is InChI=1S/C16H30/c1-6-7-8-9-10-11-12-16(15(4)5)13-14(2)3/h11-15H,6-10H2,1-5H3. The number of hydrogen-bond acceptors (Lipinski definition) is 0. The summed E-state index contributed by atoms with van der Waals surface area (Å²) in [6, 6.07) is 0. The van der Waals surface area contributed by atoms with Gasteiger partial charge in [-0.15, -0.1) is 0 Å². The number of rotatable bonds is 8. The summed E-state index contributed by atoms with van der Waals surface area (Å²) >= 11 is 0. The molecule has 0 rings (SSSR count). The lowest BCUT2D eigenvalue weighted by atomic mass is 9.98. The van der Waals surface area contributed by atoms with Crippen molar-refractivity contribution in [1.29, 1.82) is 0 Å². The minimum Gasteiger partial charge on any atom is -0.0843 e. The Kier molecular flexibility index (Phi) is 9.37. The van der Waals surface area contributed by atoms with Crippen molar-refractivity contribution in [3.05, 3.63) is 23.8 Å². The van der Waals surface area contributed by atoms with Gasteiger partial charge >= 0.3 is 0 Å². The van der Waals surface area contributed by atoms with E-state index in [1.54, 1.807) is 0 Å². The minimum absolute atomic E-state index is 0.647. The predicted molar refractivity (Wildman–Crippen MR) is 75.7 cm³/mol. The van der Waals surface area contributed by atoms with E-state index in [1.165, 1.54) is 37.7 Å². The number of hydrogen-bond donors (Lipinski definition) is 0. The van der Waals surface area contributed by atoms with Gasteiger partial charge in [0, 0.05) is 0 Å². The van der Waals surface area contributed by atoms with Crippen LogP contribution in [0.1, 0.15) is 66.7 Å². The zero-order valence-corrected chi connectivity index (χ0v) is 11.9. The summed E-state index contributed by atoms with van der Waals surface area (Å²) in [5.74, 6) is 1.30. The van der Waals surface area contributed by atoms with E-state index >= 15 is 0 Å². The van der Waals surface area contributed by atoms with Crippen molar-refractivity contribution < 1.29 is 0 Å². The maximum absolute atomic E-state index is 2.38. The molecule has 0 bridgehead atoms. The molecule has 0 aliphatic carbocycles. The molecule has 0 heteroatoms. The van der Waals surface area contributed by atoms with E-state index in [4.69, 9.17) is 0 Å². The Morgan fingerprint density at radius 3 is 2.19 bits per heavy atom. The fourth-order valence-corrected chi connectivity index (χ4v) is 1.73. The Labute approximate surface area is 103 Å². The second kappa shape index (κ2) is 9.69. The van der Waals surface area contributed by atoms with E-state index in [9.17, 15) is 0 Å². The fraction of sp³-hybridized carbons (Fsp3) is 0.750. The van der Waals surface area contributed by atoms with E-state index < -0.39 is 0 Å². The largest absolute Gasteiger partial charge is 0.0843 e. The summed E-state index contributed by atoms with van der Waals surface area (Å²) in [6.07, 6.45) is 13.7. The van der Waals surface area contributed by atoms with Gasteiger partial charge in [-0.1, -0.05) is 72.1 Å². The average molecular weight is 222 g/mol. The molecule has 0 aromatic heterocycles. The molecule has 0 atom stereocenters. The Bertz CT molecular complexity index is 206. The maximum atomic E-state index is 2.38. The molecule has 0 aliphatic heterocycles. The molecule has 0 fully saturated rings. The molecule has 0 amide bonds. The molecule has 0 nitrogen and oxygen atoms in total. The first-order chi connectivity index (χ1) is 7.57. The lowest BCUT2D eigenvalue weighted by Gasteiger charge is -2.08. The predicted octanol–water partition coefficient (Wildman–Crippen LogP) is 5.75. The summed E-state index contributed by atoms with van der Waals surface area (Å²) < 4.78 is 0. The van der Waals surface area contributed by atoms with Crippen LogP contribution >= 0.6 is 0 Å². The first-order valence-electron chi connectivity index (χ1n) is 6.96. The fourth-order valence-electron chi connectivity index (χ4n) is 1.73. The highest BCUT2D eigenvalue weighted by atomic mass is 14.1. The molecule has 16 heavy (non-hydrogen) atoms. The zero-order chi connectivity index (χ0) is 12.4. The quantitative estimate of drug-likeness (QED) is 0.362. The Hall–Kier alpha value is -0.520. The summed E-state index contributed by atoms with van der Waals surface area (Å²) in [4.78, 5) is 0.